The van der Waals surface area contributed by atoms with Gasteiger partial charge in [0.05, 0.1) is 12.6 Å². The number of methoxy groups -OCH3 is 1. The molecule has 0 spiro atoms. The number of pyridine rings is 1. The van der Waals surface area contributed by atoms with Crippen LogP contribution < -0.4 is 11.1 Å². The van der Waals surface area contributed by atoms with Crippen LogP contribution in [-0.4, -0.2) is 37.2 Å². The Morgan fingerprint density at radius 1 is 1.42 bits per heavy atom. The standard InChI is InChI=1S/C14H17N3O2/c1-19-9-11(8-15)17-14(18)13-12-5-3-2-4-10(12)6-7-16-13/h2-7,11H,8-9,15H2,1H3,(H,17,18). The first-order valence-corrected chi connectivity index (χ1v) is 6.10. The Kier molecular flexibility index (Phi) is 4.43. The maximum Gasteiger partial charge on any atom is 0.270 e. The van der Waals surface area contributed by atoms with Crippen LogP contribution in [0.1, 0.15) is 10.5 Å². The van der Waals surface area contributed by atoms with Gasteiger partial charge in [0.2, 0.25) is 0 Å². The van der Waals surface area contributed by atoms with E-state index in [1.165, 1.54) is 0 Å². The minimum absolute atomic E-state index is 0.210. The summed E-state index contributed by atoms with van der Waals surface area (Å²) in [4.78, 5) is 16.4. The maximum atomic E-state index is 12.2. The van der Waals surface area contributed by atoms with Crippen molar-refractivity contribution in [3.8, 4) is 0 Å². The number of nitrogens with one attached hydrogen (secondary N) is 1. The number of hydrogen-bond acceptors (Lipinski definition) is 4. The predicted octanol–water partition coefficient (Wildman–Crippen LogP) is 0.938. The lowest BCUT2D eigenvalue weighted by molar-refractivity contribution is 0.0897. The van der Waals surface area contributed by atoms with Gasteiger partial charge in [0, 0.05) is 25.2 Å². The second-order valence-electron chi connectivity index (χ2n) is 4.24. The third-order valence-corrected chi connectivity index (χ3v) is 2.88. The summed E-state index contributed by atoms with van der Waals surface area (Å²) in [6.07, 6.45) is 1.63. The van der Waals surface area contributed by atoms with Crippen LogP contribution in [0.2, 0.25) is 0 Å². The van der Waals surface area contributed by atoms with Gasteiger partial charge >= 0.3 is 0 Å². The molecule has 0 aliphatic heterocycles. The van der Waals surface area contributed by atoms with Crippen LogP contribution in [0.5, 0.6) is 0 Å². The van der Waals surface area contributed by atoms with Gasteiger partial charge in [-0.05, 0) is 11.5 Å². The smallest absolute Gasteiger partial charge is 0.270 e. The quantitative estimate of drug-likeness (QED) is 0.837. The SMILES string of the molecule is COCC(CN)NC(=O)c1nccc2ccccc12. The van der Waals surface area contributed by atoms with Gasteiger partial charge < -0.3 is 15.8 Å². The summed E-state index contributed by atoms with van der Waals surface area (Å²) in [5.41, 5.74) is 5.99. The number of nitrogens with zero attached hydrogens (tertiary/aromatic N) is 1. The molecule has 1 amide bonds. The second kappa shape index (κ2) is 6.26. The summed E-state index contributed by atoms with van der Waals surface area (Å²) in [6.45, 7) is 0.706. The van der Waals surface area contributed by atoms with Crippen molar-refractivity contribution in [2.45, 2.75) is 6.04 Å². The lowest BCUT2D eigenvalue weighted by atomic mass is 10.1. The van der Waals surface area contributed by atoms with Gasteiger partial charge in [-0.2, -0.15) is 0 Å². The van der Waals surface area contributed by atoms with Gasteiger partial charge in [0.15, 0.2) is 0 Å². The Morgan fingerprint density at radius 3 is 2.95 bits per heavy atom. The fourth-order valence-electron chi connectivity index (χ4n) is 1.92. The molecule has 1 aromatic carbocycles. The van der Waals surface area contributed by atoms with Gasteiger partial charge in [0.1, 0.15) is 5.69 Å². The number of benzene rings is 1. The molecule has 5 nitrogen and oxygen atoms in total. The second-order valence-corrected chi connectivity index (χ2v) is 4.24. The molecule has 1 atom stereocenters. The molecule has 0 saturated carbocycles. The number of rotatable bonds is 5. The highest BCUT2D eigenvalue weighted by Gasteiger charge is 2.15. The molecule has 19 heavy (non-hydrogen) atoms. The molecule has 0 radical (unpaired) electrons. The molecule has 2 rings (SSSR count). The number of aromatic nitrogens is 1. The average molecular weight is 259 g/mol. The van der Waals surface area contributed by atoms with Gasteiger partial charge in [-0.1, -0.05) is 24.3 Å². The van der Waals surface area contributed by atoms with Crippen molar-refractivity contribution in [1.29, 1.82) is 0 Å². The highest BCUT2D eigenvalue weighted by Crippen LogP contribution is 2.16. The number of amides is 1. The van der Waals surface area contributed by atoms with Gasteiger partial charge in [-0.15, -0.1) is 0 Å². The first-order valence-electron chi connectivity index (χ1n) is 6.10. The highest BCUT2D eigenvalue weighted by molar-refractivity contribution is 6.05. The fraction of sp³-hybridized carbons (Fsp3) is 0.286. The van der Waals surface area contributed by atoms with E-state index in [2.05, 4.69) is 10.3 Å². The molecule has 5 heteroatoms. The van der Waals surface area contributed by atoms with Crippen LogP contribution in [0.3, 0.4) is 0 Å². The summed E-state index contributed by atoms with van der Waals surface area (Å²) < 4.78 is 5.00. The molecule has 3 N–H and O–H groups in total. The normalized spacial score (nSPS) is 12.3. The molecular formula is C14H17N3O2. The average Bonchev–Trinajstić information content (AvgIpc) is 2.46. The van der Waals surface area contributed by atoms with E-state index >= 15 is 0 Å². The van der Waals surface area contributed by atoms with Crippen LogP contribution in [0.25, 0.3) is 10.8 Å². The number of carbonyl (C=O) groups excluding carboxylic acids is 1. The van der Waals surface area contributed by atoms with Gasteiger partial charge in [0.25, 0.3) is 5.91 Å². The Balaban J connectivity index is 2.26. The van der Waals surface area contributed by atoms with Crippen molar-refractivity contribution in [1.82, 2.24) is 10.3 Å². The van der Waals surface area contributed by atoms with Gasteiger partial charge in [-0.25, -0.2) is 0 Å². The van der Waals surface area contributed by atoms with E-state index in [1.807, 2.05) is 30.3 Å². The zero-order valence-electron chi connectivity index (χ0n) is 10.8. The Labute approximate surface area is 111 Å². The van der Waals surface area contributed by atoms with Crippen molar-refractivity contribution in [2.24, 2.45) is 5.73 Å². The lowest BCUT2D eigenvalue weighted by Crippen LogP contribution is -2.43. The summed E-state index contributed by atoms with van der Waals surface area (Å²) in [5.74, 6) is -0.232. The first-order chi connectivity index (χ1) is 9.26. The topological polar surface area (TPSA) is 77.2 Å². The van der Waals surface area contributed by atoms with Crippen LogP contribution in [-0.2, 0) is 4.74 Å². The third-order valence-electron chi connectivity index (χ3n) is 2.88. The summed E-state index contributed by atoms with van der Waals surface area (Å²) >= 11 is 0. The molecule has 2 aromatic rings. The van der Waals surface area contributed by atoms with Crippen molar-refractivity contribution in [2.75, 3.05) is 20.3 Å². The largest absolute Gasteiger partial charge is 0.383 e. The molecule has 0 aliphatic carbocycles. The monoisotopic (exact) mass is 259 g/mol. The van der Waals surface area contributed by atoms with Crippen LogP contribution >= 0.6 is 0 Å². The molecule has 100 valence electrons. The van der Waals surface area contributed by atoms with Crippen LogP contribution in [0.4, 0.5) is 0 Å². The summed E-state index contributed by atoms with van der Waals surface area (Å²) in [7, 11) is 1.57. The Bertz CT molecular complexity index is 566. The Hall–Kier alpha value is -1.98. The molecule has 0 aliphatic rings. The Morgan fingerprint density at radius 2 is 2.21 bits per heavy atom. The van der Waals surface area contributed by atoms with Crippen molar-refractivity contribution in [3.05, 3.63) is 42.2 Å². The molecule has 0 bridgehead atoms. The highest BCUT2D eigenvalue weighted by atomic mass is 16.5. The van der Waals surface area contributed by atoms with E-state index in [4.69, 9.17) is 10.5 Å². The summed E-state index contributed by atoms with van der Waals surface area (Å²) in [5, 5.41) is 4.64. The third kappa shape index (κ3) is 3.07. The number of fused-ring (bicyclic) bond motifs is 1. The first kappa shape index (κ1) is 13.5. The van der Waals surface area contributed by atoms with Crippen LogP contribution in [0, 0.1) is 0 Å². The molecule has 1 aromatic heterocycles. The zero-order chi connectivity index (χ0) is 13.7. The number of nitrogens with two attached hydrogens (primary N) is 1. The van der Waals surface area contributed by atoms with E-state index < -0.39 is 0 Å². The van der Waals surface area contributed by atoms with Crippen molar-refractivity contribution >= 4 is 16.7 Å². The fourth-order valence-corrected chi connectivity index (χ4v) is 1.92. The zero-order valence-corrected chi connectivity index (χ0v) is 10.8. The van der Waals surface area contributed by atoms with Gasteiger partial charge in [-0.3, -0.25) is 9.78 Å². The maximum absolute atomic E-state index is 12.2. The molecule has 1 unspecified atom stereocenters. The van der Waals surface area contributed by atoms with E-state index in [1.54, 1.807) is 13.3 Å². The van der Waals surface area contributed by atoms with Crippen LogP contribution in [0.15, 0.2) is 36.5 Å². The number of hydrogen-bond donors (Lipinski definition) is 2. The van der Waals surface area contributed by atoms with E-state index in [9.17, 15) is 4.79 Å². The summed E-state index contributed by atoms with van der Waals surface area (Å²) in [6, 6.07) is 9.31. The van der Waals surface area contributed by atoms with Crippen molar-refractivity contribution in [3.63, 3.8) is 0 Å². The minimum Gasteiger partial charge on any atom is -0.383 e. The number of ether oxygens (including phenoxy) is 1. The van der Waals surface area contributed by atoms with Crippen molar-refractivity contribution < 1.29 is 9.53 Å². The van der Waals surface area contributed by atoms with E-state index in [0.29, 0.717) is 18.8 Å². The predicted molar refractivity (Wildman–Crippen MR) is 73.9 cm³/mol. The molecule has 1 heterocycles. The minimum atomic E-state index is -0.232. The van der Waals surface area contributed by atoms with E-state index in [-0.39, 0.29) is 11.9 Å². The molecule has 0 saturated heterocycles. The molecule has 0 fully saturated rings. The number of carbonyl (C=O) groups is 1. The molecular weight excluding hydrogens is 242 g/mol. The lowest BCUT2D eigenvalue weighted by Gasteiger charge is -2.16. The van der Waals surface area contributed by atoms with E-state index in [0.717, 1.165) is 10.8 Å².